The first-order chi connectivity index (χ1) is 13.3. The van der Waals surface area contributed by atoms with Crippen molar-refractivity contribution < 1.29 is 9.21 Å². The third-order valence-corrected chi connectivity index (χ3v) is 4.90. The highest BCUT2D eigenvalue weighted by Gasteiger charge is 2.17. The van der Waals surface area contributed by atoms with Crippen molar-refractivity contribution in [1.29, 1.82) is 0 Å². The summed E-state index contributed by atoms with van der Waals surface area (Å²) in [7, 11) is 0. The molecule has 0 aliphatic carbocycles. The van der Waals surface area contributed by atoms with Crippen molar-refractivity contribution in [2.24, 2.45) is 0 Å². The molecule has 0 aliphatic heterocycles. The Bertz CT molecular complexity index is 1100. The SMILES string of the molecule is Cc1cccc(C(C)C)c1NC(=O)c1cc(=O)cc(-c2ccc(Cl)cc2Cl)o1. The van der Waals surface area contributed by atoms with Crippen molar-refractivity contribution in [3.63, 3.8) is 0 Å². The zero-order valence-corrected chi connectivity index (χ0v) is 17.2. The summed E-state index contributed by atoms with van der Waals surface area (Å²) in [5, 5.41) is 3.67. The fraction of sp³-hybridized carbons (Fsp3) is 0.182. The average Bonchev–Trinajstić information content (AvgIpc) is 2.62. The maximum atomic E-state index is 12.8. The molecule has 0 unspecified atom stereocenters. The number of para-hydroxylation sites is 1. The molecule has 0 aliphatic rings. The molecule has 3 aromatic rings. The molecule has 0 saturated carbocycles. The van der Waals surface area contributed by atoms with E-state index in [1.165, 1.54) is 6.07 Å². The molecule has 1 N–H and O–H groups in total. The van der Waals surface area contributed by atoms with E-state index >= 15 is 0 Å². The molecule has 1 amide bonds. The number of carbonyl (C=O) groups excluding carboxylic acids is 1. The number of hydrogen-bond donors (Lipinski definition) is 1. The van der Waals surface area contributed by atoms with Gasteiger partial charge in [-0.15, -0.1) is 0 Å². The quantitative estimate of drug-likeness (QED) is 0.543. The minimum Gasteiger partial charge on any atom is -0.451 e. The molecule has 4 nitrogen and oxygen atoms in total. The van der Waals surface area contributed by atoms with Gasteiger partial charge in [-0.05, 0) is 42.2 Å². The molecular weight excluding hydrogens is 397 g/mol. The summed E-state index contributed by atoms with van der Waals surface area (Å²) in [4.78, 5) is 25.0. The highest BCUT2D eigenvalue weighted by atomic mass is 35.5. The minimum atomic E-state index is -0.500. The Morgan fingerprint density at radius 3 is 2.50 bits per heavy atom. The first kappa shape index (κ1) is 20.2. The summed E-state index contributed by atoms with van der Waals surface area (Å²) in [5.74, 6) is -0.165. The lowest BCUT2D eigenvalue weighted by Gasteiger charge is -2.16. The van der Waals surface area contributed by atoms with Crippen molar-refractivity contribution in [3.8, 4) is 11.3 Å². The third kappa shape index (κ3) is 4.29. The summed E-state index contributed by atoms with van der Waals surface area (Å²) < 4.78 is 5.70. The van der Waals surface area contributed by atoms with Crippen LogP contribution in [-0.2, 0) is 0 Å². The first-order valence-corrected chi connectivity index (χ1v) is 9.53. The maximum Gasteiger partial charge on any atom is 0.291 e. The molecule has 0 fully saturated rings. The second kappa shape index (κ2) is 8.21. The van der Waals surface area contributed by atoms with Gasteiger partial charge in [0.1, 0.15) is 5.76 Å². The number of nitrogens with one attached hydrogen (secondary N) is 1. The van der Waals surface area contributed by atoms with Crippen LogP contribution in [0.2, 0.25) is 10.0 Å². The fourth-order valence-corrected chi connectivity index (χ4v) is 3.43. The number of carbonyl (C=O) groups is 1. The average molecular weight is 416 g/mol. The monoisotopic (exact) mass is 415 g/mol. The van der Waals surface area contributed by atoms with Crippen molar-refractivity contribution in [1.82, 2.24) is 0 Å². The maximum absolute atomic E-state index is 12.8. The molecule has 0 bridgehead atoms. The number of aryl methyl sites for hydroxylation is 1. The Labute approximate surface area is 173 Å². The number of hydrogen-bond acceptors (Lipinski definition) is 3. The van der Waals surface area contributed by atoms with Crippen LogP contribution in [0.1, 0.15) is 41.4 Å². The molecule has 2 aromatic carbocycles. The molecule has 6 heteroatoms. The smallest absolute Gasteiger partial charge is 0.291 e. The van der Waals surface area contributed by atoms with Crippen molar-refractivity contribution in [2.45, 2.75) is 26.7 Å². The lowest BCUT2D eigenvalue weighted by Crippen LogP contribution is -2.17. The van der Waals surface area contributed by atoms with Gasteiger partial charge in [0.05, 0.1) is 5.02 Å². The molecule has 0 saturated heterocycles. The van der Waals surface area contributed by atoms with E-state index in [-0.39, 0.29) is 22.9 Å². The highest BCUT2D eigenvalue weighted by Crippen LogP contribution is 2.31. The Morgan fingerprint density at radius 1 is 1.07 bits per heavy atom. The normalized spacial score (nSPS) is 10.9. The van der Waals surface area contributed by atoms with E-state index in [4.69, 9.17) is 27.6 Å². The van der Waals surface area contributed by atoms with Gasteiger partial charge in [-0.25, -0.2) is 0 Å². The largest absolute Gasteiger partial charge is 0.451 e. The molecule has 0 radical (unpaired) electrons. The predicted octanol–water partition coefficient (Wildman–Crippen LogP) is 6.30. The van der Waals surface area contributed by atoms with E-state index in [0.717, 1.165) is 22.9 Å². The summed E-state index contributed by atoms with van der Waals surface area (Å²) >= 11 is 12.1. The van der Waals surface area contributed by atoms with Crippen molar-refractivity contribution >= 4 is 34.8 Å². The molecule has 144 valence electrons. The van der Waals surface area contributed by atoms with E-state index in [2.05, 4.69) is 5.32 Å². The van der Waals surface area contributed by atoms with Gasteiger partial charge in [0.2, 0.25) is 0 Å². The molecule has 0 spiro atoms. The Morgan fingerprint density at radius 2 is 1.82 bits per heavy atom. The third-order valence-electron chi connectivity index (χ3n) is 4.35. The molecular formula is C22H19Cl2NO3. The molecule has 1 heterocycles. The number of rotatable bonds is 4. The van der Waals surface area contributed by atoms with Crippen molar-refractivity contribution in [2.75, 3.05) is 5.32 Å². The van der Waals surface area contributed by atoms with Crippen LogP contribution >= 0.6 is 23.2 Å². The topological polar surface area (TPSA) is 59.3 Å². The molecule has 28 heavy (non-hydrogen) atoms. The van der Waals surface area contributed by atoms with Gasteiger partial charge in [0.15, 0.2) is 11.2 Å². The van der Waals surface area contributed by atoms with Crippen LogP contribution in [0.25, 0.3) is 11.3 Å². The van der Waals surface area contributed by atoms with Crippen LogP contribution in [0.5, 0.6) is 0 Å². The predicted molar refractivity (Wildman–Crippen MR) is 114 cm³/mol. The van der Waals surface area contributed by atoms with Gasteiger partial charge in [0.25, 0.3) is 5.91 Å². The molecule has 3 rings (SSSR count). The first-order valence-electron chi connectivity index (χ1n) is 8.77. The van der Waals surface area contributed by atoms with E-state index < -0.39 is 5.91 Å². The summed E-state index contributed by atoms with van der Waals surface area (Å²) in [6.45, 7) is 6.02. The van der Waals surface area contributed by atoms with Gasteiger partial charge in [-0.1, -0.05) is 55.2 Å². The van der Waals surface area contributed by atoms with Crippen LogP contribution in [0, 0.1) is 6.92 Å². The van der Waals surface area contributed by atoms with Gasteiger partial charge < -0.3 is 9.73 Å². The molecule has 0 atom stereocenters. The van der Waals surface area contributed by atoms with Gasteiger partial charge in [0, 0.05) is 28.4 Å². The number of halogens is 2. The van der Waals surface area contributed by atoms with Gasteiger partial charge in [-0.3, -0.25) is 9.59 Å². The van der Waals surface area contributed by atoms with E-state index in [0.29, 0.717) is 15.6 Å². The van der Waals surface area contributed by atoms with E-state index in [1.54, 1.807) is 18.2 Å². The standard InChI is InChI=1S/C22H19Cl2NO3/c1-12(2)16-6-4-5-13(3)21(16)25-22(27)20-11-15(26)10-19(28-20)17-8-7-14(23)9-18(17)24/h4-12H,1-3H3,(H,25,27). The summed E-state index contributed by atoms with van der Waals surface area (Å²) in [6.07, 6.45) is 0. The lowest BCUT2D eigenvalue weighted by molar-refractivity contribution is 0.0995. The van der Waals surface area contributed by atoms with Crippen LogP contribution in [0.4, 0.5) is 5.69 Å². The summed E-state index contributed by atoms with van der Waals surface area (Å²) in [5.41, 5.74) is 2.79. The van der Waals surface area contributed by atoms with Crippen LogP contribution in [0.15, 0.2) is 57.7 Å². The van der Waals surface area contributed by atoms with Crippen LogP contribution < -0.4 is 10.7 Å². The van der Waals surface area contributed by atoms with Crippen LogP contribution in [0.3, 0.4) is 0 Å². The fourth-order valence-electron chi connectivity index (χ4n) is 2.93. The zero-order valence-electron chi connectivity index (χ0n) is 15.7. The number of anilines is 1. The van der Waals surface area contributed by atoms with Gasteiger partial charge in [-0.2, -0.15) is 0 Å². The van der Waals surface area contributed by atoms with E-state index in [1.807, 2.05) is 39.0 Å². The minimum absolute atomic E-state index is 0.0912. The highest BCUT2D eigenvalue weighted by molar-refractivity contribution is 6.36. The van der Waals surface area contributed by atoms with E-state index in [9.17, 15) is 9.59 Å². The zero-order chi connectivity index (χ0) is 20.4. The van der Waals surface area contributed by atoms with Gasteiger partial charge >= 0.3 is 0 Å². The second-order valence-electron chi connectivity index (χ2n) is 6.79. The number of benzene rings is 2. The molecule has 1 aromatic heterocycles. The Balaban J connectivity index is 2.00. The Hall–Kier alpha value is -2.56. The lowest BCUT2D eigenvalue weighted by atomic mass is 9.98. The van der Waals surface area contributed by atoms with Crippen molar-refractivity contribution in [3.05, 3.63) is 85.7 Å². The van der Waals surface area contributed by atoms with Crippen LogP contribution in [-0.4, -0.2) is 5.91 Å². The number of amides is 1. The summed E-state index contributed by atoms with van der Waals surface area (Å²) in [6, 6.07) is 13.1. The second-order valence-corrected chi connectivity index (χ2v) is 7.64. The Kier molecular flexibility index (Phi) is 5.92.